The third-order valence-corrected chi connectivity index (χ3v) is 5.11. The highest BCUT2D eigenvalue weighted by Gasteiger charge is 2.48. The number of benzene rings is 2. The molecular formula is C20H19F2N3O6S. The predicted octanol–water partition coefficient (Wildman–Crippen LogP) is 3.84. The zero-order valence-electron chi connectivity index (χ0n) is 16.5. The Morgan fingerprint density at radius 1 is 1.34 bits per heavy atom. The number of anilines is 1. The summed E-state index contributed by atoms with van der Waals surface area (Å²) in [6.07, 6.45) is -0.122. The van der Waals surface area contributed by atoms with Crippen LogP contribution in [0.4, 0.5) is 25.0 Å². The molecule has 0 aliphatic carbocycles. The van der Waals surface area contributed by atoms with Crippen LogP contribution in [0, 0.1) is 10.1 Å². The number of amides is 1. The Labute approximate surface area is 186 Å². The van der Waals surface area contributed by atoms with Gasteiger partial charge in [0, 0.05) is 42.1 Å². The first-order valence-corrected chi connectivity index (χ1v) is 9.89. The summed E-state index contributed by atoms with van der Waals surface area (Å²) in [5.41, 5.74) is -0.805. The number of halogens is 2. The van der Waals surface area contributed by atoms with Crippen molar-refractivity contribution < 1.29 is 32.8 Å². The van der Waals surface area contributed by atoms with E-state index in [4.69, 9.17) is 4.74 Å². The van der Waals surface area contributed by atoms with E-state index in [2.05, 4.69) is 22.7 Å². The van der Waals surface area contributed by atoms with Crippen LogP contribution in [0.2, 0.25) is 0 Å². The van der Waals surface area contributed by atoms with E-state index in [-0.39, 0.29) is 41.9 Å². The van der Waals surface area contributed by atoms with Crippen LogP contribution in [0.15, 0.2) is 48.5 Å². The molecular weight excluding hydrogens is 448 g/mol. The summed E-state index contributed by atoms with van der Waals surface area (Å²) in [6.45, 7) is -3.08. The van der Waals surface area contributed by atoms with Crippen LogP contribution in [-0.4, -0.2) is 46.3 Å². The Morgan fingerprint density at radius 2 is 2.06 bits per heavy atom. The summed E-state index contributed by atoms with van der Waals surface area (Å²) in [7, 11) is 0. The third-order valence-electron chi connectivity index (χ3n) is 4.77. The molecule has 9 nitrogen and oxygen atoms in total. The van der Waals surface area contributed by atoms with Gasteiger partial charge >= 0.3 is 12.7 Å². The van der Waals surface area contributed by atoms with E-state index in [9.17, 15) is 28.5 Å². The zero-order chi connectivity index (χ0) is 23.3. The predicted molar refractivity (Wildman–Crippen MR) is 113 cm³/mol. The van der Waals surface area contributed by atoms with Crippen LogP contribution in [-0.2, 0) is 16.1 Å². The number of aldehydes is 1. The summed E-state index contributed by atoms with van der Waals surface area (Å²) in [6, 6.07) is 11.1. The molecule has 1 amide bonds. The van der Waals surface area contributed by atoms with Crippen LogP contribution < -0.4 is 10.1 Å². The van der Waals surface area contributed by atoms with Gasteiger partial charge in [-0.2, -0.15) is 21.4 Å². The SMILES string of the molecule is O=C[C@]1(Nc2cccc(OC(F)F)c2)C[C@H](S)CN1C(=O)OCc1ccc([N+](=O)[O-])cc1. The molecule has 2 aromatic rings. The molecule has 0 saturated carbocycles. The average Bonchev–Trinajstić information content (AvgIpc) is 3.08. The van der Waals surface area contributed by atoms with Crippen LogP contribution in [0.1, 0.15) is 12.0 Å². The number of nitro benzene ring substituents is 1. The summed E-state index contributed by atoms with van der Waals surface area (Å²) < 4.78 is 34.6. The first kappa shape index (κ1) is 23.3. The highest BCUT2D eigenvalue weighted by Crippen LogP contribution is 2.34. The van der Waals surface area contributed by atoms with Gasteiger partial charge in [-0.25, -0.2) is 4.79 Å². The molecule has 170 valence electrons. The van der Waals surface area contributed by atoms with Gasteiger partial charge in [-0.15, -0.1) is 0 Å². The molecule has 32 heavy (non-hydrogen) atoms. The maximum atomic E-state index is 12.8. The maximum absolute atomic E-state index is 12.8. The molecule has 0 radical (unpaired) electrons. The van der Waals surface area contributed by atoms with Crippen molar-refractivity contribution in [2.45, 2.75) is 30.6 Å². The van der Waals surface area contributed by atoms with E-state index < -0.39 is 23.3 Å². The molecule has 1 N–H and O–H groups in total. The number of thiol groups is 1. The molecule has 3 rings (SSSR count). The number of rotatable bonds is 8. The number of hydrogen-bond donors (Lipinski definition) is 2. The minimum atomic E-state index is -3.01. The van der Waals surface area contributed by atoms with E-state index in [1.807, 2.05) is 0 Å². The van der Waals surface area contributed by atoms with Crippen molar-refractivity contribution in [1.82, 2.24) is 4.90 Å². The number of ether oxygens (including phenoxy) is 2. The largest absolute Gasteiger partial charge is 0.444 e. The zero-order valence-corrected chi connectivity index (χ0v) is 17.4. The fourth-order valence-electron chi connectivity index (χ4n) is 3.34. The lowest BCUT2D eigenvalue weighted by Crippen LogP contribution is -2.54. The van der Waals surface area contributed by atoms with Crippen molar-refractivity contribution in [3.8, 4) is 5.75 Å². The monoisotopic (exact) mass is 467 g/mol. The number of carbonyl (C=O) groups is 2. The minimum absolute atomic E-state index is 0.0974. The van der Waals surface area contributed by atoms with Crippen molar-refractivity contribution in [3.63, 3.8) is 0 Å². The third kappa shape index (κ3) is 5.44. The molecule has 12 heteroatoms. The number of hydrogen-bond acceptors (Lipinski definition) is 8. The lowest BCUT2D eigenvalue weighted by molar-refractivity contribution is -0.384. The fraction of sp³-hybridized carbons (Fsp3) is 0.300. The van der Waals surface area contributed by atoms with Crippen molar-refractivity contribution in [1.29, 1.82) is 0 Å². The van der Waals surface area contributed by atoms with E-state index in [1.54, 1.807) is 0 Å². The number of alkyl halides is 2. The van der Waals surface area contributed by atoms with Crippen LogP contribution in [0.5, 0.6) is 5.75 Å². The number of non-ortho nitro benzene ring substituents is 1. The van der Waals surface area contributed by atoms with Gasteiger partial charge < -0.3 is 14.8 Å². The Balaban J connectivity index is 1.73. The lowest BCUT2D eigenvalue weighted by atomic mass is 10.1. The molecule has 0 aromatic heterocycles. The standard InChI is InChI=1S/C20H19F2N3O6S/c21-18(22)31-16-3-1-2-14(8-16)23-20(12-26)9-17(32)10-24(20)19(27)30-11-13-4-6-15(7-5-13)25(28)29/h1-8,12,17-18,23,32H,9-11H2/t17-,20-/m0/s1. The Kier molecular flexibility index (Phi) is 7.13. The molecule has 0 spiro atoms. The normalized spacial score (nSPS) is 20.1. The van der Waals surface area contributed by atoms with E-state index in [0.717, 1.165) is 0 Å². The van der Waals surface area contributed by atoms with Crippen LogP contribution >= 0.6 is 12.6 Å². The van der Waals surface area contributed by atoms with Gasteiger partial charge in [-0.05, 0) is 29.8 Å². The van der Waals surface area contributed by atoms with Gasteiger partial charge in [-0.3, -0.25) is 19.8 Å². The Hall–Kier alpha value is -3.41. The van der Waals surface area contributed by atoms with Gasteiger partial charge in [0.05, 0.1) is 4.92 Å². The summed E-state index contributed by atoms with van der Waals surface area (Å²) >= 11 is 4.38. The quantitative estimate of drug-likeness (QED) is 0.263. The Bertz CT molecular complexity index is 994. The number of nitrogens with zero attached hydrogens (tertiary/aromatic N) is 2. The first-order chi connectivity index (χ1) is 15.2. The highest BCUT2D eigenvalue weighted by atomic mass is 32.1. The molecule has 2 aromatic carbocycles. The molecule has 1 heterocycles. The van der Waals surface area contributed by atoms with Gasteiger partial charge in [0.25, 0.3) is 5.69 Å². The van der Waals surface area contributed by atoms with E-state index in [0.29, 0.717) is 11.8 Å². The van der Waals surface area contributed by atoms with Crippen LogP contribution in [0.3, 0.4) is 0 Å². The minimum Gasteiger partial charge on any atom is -0.444 e. The lowest BCUT2D eigenvalue weighted by Gasteiger charge is -2.34. The van der Waals surface area contributed by atoms with Crippen molar-refractivity contribution in [2.24, 2.45) is 0 Å². The number of likely N-dealkylation sites (tertiary alicyclic amines) is 1. The van der Waals surface area contributed by atoms with Crippen molar-refractivity contribution in [3.05, 3.63) is 64.2 Å². The Morgan fingerprint density at radius 3 is 2.69 bits per heavy atom. The number of nitrogens with one attached hydrogen (secondary N) is 1. The van der Waals surface area contributed by atoms with Crippen molar-refractivity contribution in [2.75, 3.05) is 11.9 Å². The number of carbonyl (C=O) groups excluding carboxylic acids is 2. The fourth-order valence-corrected chi connectivity index (χ4v) is 3.78. The first-order valence-electron chi connectivity index (χ1n) is 9.37. The average molecular weight is 467 g/mol. The second-order valence-electron chi connectivity index (χ2n) is 7.02. The van der Waals surface area contributed by atoms with Gasteiger partial charge in [0.2, 0.25) is 0 Å². The molecule has 0 bridgehead atoms. The maximum Gasteiger partial charge on any atom is 0.412 e. The highest BCUT2D eigenvalue weighted by molar-refractivity contribution is 7.81. The molecule has 1 aliphatic rings. The van der Waals surface area contributed by atoms with Gasteiger partial charge in [-0.1, -0.05) is 6.07 Å². The van der Waals surface area contributed by atoms with E-state index in [1.165, 1.54) is 53.4 Å². The smallest absolute Gasteiger partial charge is 0.412 e. The topological polar surface area (TPSA) is 111 Å². The number of nitro groups is 1. The summed E-state index contributed by atoms with van der Waals surface area (Å²) in [5, 5.41) is 13.3. The molecule has 1 aliphatic heterocycles. The second kappa shape index (κ2) is 9.81. The molecule has 2 atom stereocenters. The summed E-state index contributed by atoms with van der Waals surface area (Å²) in [4.78, 5) is 36.2. The molecule has 1 fully saturated rings. The van der Waals surface area contributed by atoms with Gasteiger partial charge in [0.1, 0.15) is 12.4 Å². The van der Waals surface area contributed by atoms with Gasteiger partial charge in [0.15, 0.2) is 11.9 Å². The van der Waals surface area contributed by atoms with E-state index >= 15 is 0 Å². The second-order valence-corrected chi connectivity index (χ2v) is 7.75. The van der Waals surface area contributed by atoms with Crippen LogP contribution in [0.25, 0.3) is 0 Å². The molecule has 0 unspecified atom stereocenters. The van der Waals surface area contributed by atoms with Crippen molar-refractivity contribution >= 4 is 36.4 Å². The molecule has 1 saturated heterocycles. The summed E-state index contributed by atoms with van der Waals surface area (Å²) in [5.74, 6) is -0.112.